The van der Waals surface area contributed by atoms with Crippen LogP contribution in [0.4, 0.5) is 0 Å². The number of hydrogen-bond acceptors (Lipinski definition) is 4. The first kappa shape index (κ1) is 9.35. The molecular formula is C5H12N2O3. The van der Waals surface area contributed by atoms with Crippen molar-refractivity contribution in [3.8, 4) is 0 Å². The molecule has 0 fully saturated rings. The summed E-state index contributed by atoms with van der Waals surface area (Å²) in [5.74, 6) is -1.04. The molecule has 0 rings (SSSR count). The van der Waals surface area contributed by atoms with Gasteiger partial charge in [-0.3, -0.25) is 4.79 Å². The Bertz CT molecular complexity index is 117. The Labute approximate surface area is 59.1 Å². The summed E-state index contributed by atoms with van der Waals surface area (Å²) in [5, 5.41) is 8.36. The van der Waals surface area contributed by atoms with E-state index in [4.69, 9.17) is 10.8 Å². The topological polar surface area (TPSA) is 84.6 Å². The Morgan fingerprint density at radius 2 is 2.30 bits per heavy atom. The highest BCUT2D eigenvalue weighted by Gasteiger charge is 2.18. The van der Waals surface area contributed by atoms with E-state index < -0.39 is 12.0 Å². The molecule has 0 aliphatic carbocycles. The number of nitrogens with two attached hydrogens (primary N) is 1. The zero-order valence-corrected chi connectivity index (χ0v) is 6.00. The summed E-state index contributed by atoms with van der Waals surface area (Å²) >= 11 is 0. The zero-order chi connectivity index (χ0) is 8.15. The van der Waals surface area contributed by atoms with E-state index in [0.29, 0.717) is 0 Å². The molecule has 0 aromatic heterocycles. The molecule has 5 nitrogen and oxygen atoms in total. The zero-order valence-electron chi connectivity index (χ0n) is 6.00. The van der Waals surface area contributed by atoms with Crippen molar-refractivity contribution in [2.24, 2.45) is 5.73 Å². The molecule has 5 heteroatoms. The smallest absolute Gasteiger partial charge is 0.322 e. The van der Waals surface area contributed by atoms with Crippen molar-refractivity contribution in [2.45, 2.75) is 19.0 Å². The van der Waals surface area contributed by atoms with Crippen molar-refractivity contribution in [2.75, 3.05) is 7.11 Å². The normalized spacial score (nSPS) is 16.3. The molecule has 60 valence electrons. The molecule has 0 aliphatic heterocycles. The number of carboxylic acid groups (broad SMARTS) is 1. The Kier molecular flexibility index (Phi) is 3.94. The van der Waals surface area contributed by atoms with Gasteiger partial charge in [-0.25, -0.2) is 0 Å². The second kappa shape index (κ2) is 4.21. The first-order chi connectivity index (χ1) is 4.59. The highest BCUT2D eigenvalue weighted by molar-refractivity contribution is 5.73. The molecule has 0 amide bonds. The lowest BCUT2D eigenvalue weighted by molar-refractivity contribution is -0.140. The standard InChI is InChI=1S/C5H12N2O3/c1-3(7-10-2)4(6)5(8)9/h3-4,7H,6H2,1-2H3,(H,8,9)/t3?,4-/m0/s1. The number of carbonyl (C=O) groups is 1. The van der Waals surface area contributed by atoms with E-state index in [9.17, 15) is 4.79 Å². The first-order valence-corrected chi connectivity index (χ1v) is 2.86. The van der Waals surface area contributed by atoms with Crippen LogP contribution in [0.2, 0.25) is 0 Å². The highest BCUT2D eigenvalue weighted by atomic mass is 16.6. The summed E-state index contributed by atoms with van der Waals surface area (Å²) in [6, 6.07) is -1.32. The van der Waals surface area contributed by atoms with Gasteiger partial charge in [0.05, 0.1) is 13.2 Å². The molecule has 4 N–H and O–H groups in total. The molecule has 0 saturated heterocycles. The van der Waals surface area contributed by atoms with Gasteiger partial charge in [-0.1, -0.05) is 0 Å². The lowest BCUT2D eigenvalue weighted by Gasteiger charge is -2.15. The van der Waals surface area contributed by atoms with Gasteiger partial charge in [0.25, 0.3) is 0 Å². The van der Waals surface area contributed by atoms with Crippen molar-refractivity contribution in [1.82, 2.24) is 5.48 Å². The summed E-state index contributed by atoms with van der Waals surface area (Å²) in [6.07, 6.45) is 0. The van der Waals surface area contributed by atoms with Gasteiger partial charge in [-0.05, 0) is 6.92 Å². The molecule has 0 radical (unpaired) electrons. The maximum absolute atomic E-state index is 10.2. The fourth-order valence-electron chi connectivity index (χ4n) is 0.473. The van der Waals surface area contributed by atoms with Crippen molar-refractivity contribution in [3.63, 3.8) is 0 Å². The quantitative estimate of drug-likeness (QED) is 0.442. The average molecular weight is 148 g/mol. The lowest BCUT2D eigenvalue weighted by atomic mass is 10.2. The summed E-state index contributed by atoms with van der Waals surface area (Å²) in [4.78, 5) is 14.7. The fourth-order valence-corrected chi connectivity index (χ4v) is 0.473. The van der Waals surface area contributed by atoms with Gasteiger partial charge in [-0.2, -0.15) is 5.48 Å². The van der Waals surface area contributed by atoms with E-state index in [0.717, 1.165) is 0 Å². The molecule has 10 heavy (non-hydrogen) atoms. The van der Waals surface area contributed by atoms with Gasteiger partial charge in [0.1, 0.15) is 6.04 Å². The number of hydrogen-bond donors (Lipinski definition) is 3. The molecule has 0 aromatic carbocycles. The third kappa shape index (κ3) is 2.77. The number of hydroxylamine groups is 1. The lowest BCUT2D eigenvalue weighted by Crippen LogP contribution is -2.47. The molecule has 0 aromatic rings. The van der Waals surface area contributed by atoms with E-state index in [2.05, 4.69) is 10.3 Å². The van der Waals surface area contributed by atoms with Crippen LogP contribution in [0.3, 0.4) is 0 Å². The second-order valence-electron chi connectivity index (χ2n) is 1.97. The van der Waals surface area contributed by atoms with Crippen LogP contribution in [-0.4, -0.2) is 30.3 Å². The third-order valence-corrected chi connectivity index (χ3v) is 1.13. The minimum absolute atomic E-state index is 0.387. The van der Waals surface area contributed by atoms with Gasteiger partial charge < -0.3 is 15.7 Å². The SMILES string of the molecule is CONC(C)[C@H](N)C(=O)O. The number of aliphatic carboxylic acids is 1. The van der Waals surface area contributed by atoms with E-state index in [-0.39, 0.29) is 6.04 Å². The van der Waals surface area contributed by atoms with Crippen LogP contribution in [0, 0.1) is 0 Å². The van der Waals surface area contributed by atoms with Crippen LogP contribution in [0.15, 0.2) is 0 Å². The van der Waals surface area contributed by atoms with Gasteiger partial charge in [0.2, 0.25) is 0 Å². The Balaban J connectivity index is 3.69. The average Bonchev–Trinajstić information content (AvgIpc) is 1.87. The van der Waals surface area contributed by atoms with Crippen molar-refractivity contribution in [3.05, 3.63) is 0 Å². The van der Waals surface area contributed by atoms with E-state index in [1.54, 1.807) is 6.92 Å². The predicted octanol–water partition coefficient (Wildman–Crippen LogP) is -1.06. The van der Waals surface area contributed by atoms with Crippen LogP contribution >= 0.6 is 0 Å². The van der Waals surface area contributed by atoms with Crippen LogP contribution < -0.4 is 11.2 Å². The van der Waals surface area contributed by atoms with Gasteiger partial charge >= 0.3 is 5.97 Å². The number of nitrogens with one attached hydrogen (secondary N) is 1. The highest BCUT2D eigenvalue weighted by Crippen LogP contribution is 1.87. The van der Waals surface area contributed by atoms with Gasteiger partial charge in [-0.15, -0.1) is 0 Å². The molecule has 0 heterocycles. The van der Waals surface area contributed by atoms with Gasteiger partial charge in [0.15, 0.2) is 0 Å². The molecule has 0 aliphatic rings. The summed E-state index contributed by atoms with van der Waals surface area (Å²) in [5.41, 5.74) is 7.62. The van der Waals surface area contributed by atoms with Crippen LogP contribution in [0.1, 0.15) is 6.92 Å². The molecule has 0 saturated carbocycles. The number of carboxylic acids is 1. The van der Waals surface area contributed by atoms with Crippen LogP contribution in [0.5, 0.6) is 0 Å². The second-order valence-corrected chi connectivity index (χ2v) is 1.97. The summed E-state index contributed by atoms with van der Waals surface area (Å²) in [7, 11) is 1.41. The van der Waals surface area contributed by atoms with Crippen molar-refractivity contribution < 1.29 is 14.7 Å². The Morgan fingerprint density at radius 3 is 2.60 bits per heavy atom. The third-order valence-electron chi connectivity index (χ3n) is 1.13. The predicted molar refractivity (Wildman–Crippen MR) is 35.2 cm³/mol. The summed E-state index contributed by atoms with van der Waals surface area (Å²) in [6.45, 7) is 1.63. The largest absolute Gasteiger partial charge is 0.480 e. The minimum Gasteiger partial charge on any atom is -0.480 e. The molecule has 0 spiro atoms. The van der Waals surface area contributed by atoms with Crippen LogP contribution in [0.25, 0.3) is 0 Å². The van der Waals surface area contributed by atoms with Crippen LogP contribution in [-0.2, 0) is 9.63 Å². The Hall–Kier alpha value is -0.650. The Morgan fingerprint density at radius 1 is 1.80 bits per heavy atom. The molecule has 1 unspecified atom stereocenters. The van der Waals surface area contributed by atoms with E-state index in [1.807, 2.05) is 0 Å². The maximum atomic E-state index is 10.2. The summed E-state index contributed by atoms with van der Waals surface area (Å²) < 4.78 is 0. The molecular weight excluding hydrogens is 136 g/mol. The van der Waals surface area contributed by atoms with E-state index in [1.165, 1.54) is 7.11 Å². The van der Waals surface area contributed by atoms with Crippen molar-refractivity contribution >= 4 is 5.97 Å². The maximum Gasteiger partial charge on any atom is 0.322 e. The first-order valence-electron chi connectivity index (χ1n) is 2.86. The fraction of sp³-hybridized carbons (Fsp3) is 0.800. The van der Waals surface area contributed by atoms with Gasteiger partial charge in [0, 0.05) is 0 Å². The van der Waals surface area contributed by atoms with Crippen molar-refractivity contribution in [1.29, 1.82) is 0 Å². The van der Waals surface area contributed by atoms with E-state index >= 15 is 0 Å². The monoisotopic (exact) mass is 148 g/mol. The minimum atomic E-state index is -1.04. The molecule has 2 atom stereocenters. The number of rotatable bonds is 4. The molecule has 0 bridgehead atoms.